The molecule has 2 aromatic heterocycles. The monoisotopic (exact) mass is 166 g/mol. The lowest BCUT2D eigenvalue weighted by Gasteiger charge is -1.86. The molecule has 2 rings (SSSR count). The van der Waals surface area contributed by atoms with Gasteiger partial charge in [-0.3, -0.25) is 0 Å². The highest BCUT2D eigenvalue weighted by molar-refractivity contribution is 7.15. The average Bonchev–Trinajstić information content (AvgIpc) is 2.35. The van der Waals surface area contributed by atoms with E-state index < -0.39 is 0 Å². The lowest BCUT2D eigenvalue weighted by Crippen LogP contribution is -2.20. The van der Waals surface area contributed by atoms with Crippen LogP contribution in [0.4, 0.5) is 0 Å². The average molecular weight is 166 g/mol. The minimum atomic E-state index is 0.352. The van der Waals surface area contributed by atoms with Gasteiger partial charge in [0.15, 0.2) is 17.6 Å². The van der Waals surface area contributed by atoms with Gasteiger partial charge in [-0.2, -0.15) is 4.40 Å². The highest BCUT2D eigenvalue weighted by atomic mass is 32.1. The molecule has 2 heterocycles. The number of aryl methyl sites for hydroxylation is 1. The first kappa shape index (κ1) is 6.61. The van der Waals surface area contributed by atoms with Gasteiger partial charge in [0.25, 0.3) is 0 Å². The molecule has 0 fully saturated rings. The summed E-state index contributed by atoms with van der Waals surface area (Å²) < 4.78 is 1.97. The van der Waals surface area contributed by atoms with Gasteiger partial charge in [-0.1, -0.05) is 11.3 Å². The largest absolute Gasteiger partial charge is 0.502 e. The van der Waals surface area contributed by atoms with E-state index in [1.54, 1.807) is 17.4 Å². The molecular formula is C8H8NOS+. The van der Waals surface area contributed by atoms with Gasteiger partial charge in [-0.05, 0) is 6.07 Å². The lowest BCUT2D eigenvalue weighted by molar-refractivity contribution is -0.515. The summed E-state index contributed by atoms with van der Waals surface area (Å²) in [5.74, 6) is 0.352. The zero-order valence-electron chi connectivity index (χ0n) is 6.11. The van der Waals surface area contributed by atoms with E-state index in [1.165, 1.54) is 0 Å². The van der Waals surface area contributed by atoms with Crippen LogP contribution in [0.3, 0.4) is 0 Å². The first-order chi connectivity index (χ1) is 5.29. The van der Waals surface area contributed by atoms with Crippen molar-refractivity contribution >= 4 is 16.2 Å². The Morgan fingerprint density at radius 2 is 2.36 bits per heavy atom. The molecule has 0 aromatic carbocycles. The van der Waals surface area contributed by atoms with Gasteiger partial charge < -0.3 is 5.11 Å². The topological polar surface area (TPSA) is 24.3 Å². The Balaban J connectivity index is 2.94. The first-order valence-corrected chi connectivity index (χ1v) is 4.24. The number of hydrogen-bond donors (Lipinski definition) is 1. The van der Waals surface area contributed by atoms with E-state index in [4.69, 9.17) is 0 Å². The maximum atomic E-state index is 9.37. The van der Waals surface area contributed by atoms with E-state index in [1.807, 2.05) is 29.0 Å². The Hall–Kier alpha value is -1.09. The molecule has 0 bridgehead atoms. The zero-order chi connectivity index (χ0) is 7.84. The Kier molecular flexibility index (Phi) is 1.32. The molecule has 0 radical (unpaired) electrons. The van der Waals surface area contributed by atoms with Crippen LogP contribution in [0.1, 0.15) is 5.69 Å². The van der Waals surface area contributed by atoms with Gasteiger partial charge in [0.05, 0.1) is 5.38 Å². The highest BCUT2D eigenvalue weighted by Crippen LogP contribution is 2.18. The maximum Gasteiger partial charge on any atom is 0.309 e. The van der Waals surface area contributed by atoms with Crippen molar-refractivity contribution in [2.45, 2.75) is 6.92 Å². The van der Waals surface area contributed by atoms with Gasteiger partial charge in [0, 0.05) is 13.0 Å². The van der Waals surface area contributed by atoms with Crippen molar-refractivity contribution in [2.24, 2.45) is 0 Å². The number of aromatic nitrogens is 1. The molecule has 0 saturated carbocycles. The van der Waals surface area contributed by atoms with E-state index in [2.05, 4.69) is 0 Å². The SMILES string of the molecule is Cc1csc2c(O)ccc[n+]12. The van der Waals surface area contributed by atoms with Crippen LogP contribution >= 0.6 is 11.3 Å². The molecule has 0 aliphatic carbocycles. The van der Waals surface area contributed by atoms with E-state index in [9.17, 15) is 5.11 Å². The fourth-order valence-corrected chi connectivity index (χ4v) is 1.98. The molecular weight excluding hydrogens is 158 g/mol. The van der Waals surface area contributed by atoms with Gasteiger partial charge in [0.1, 0.15) is 0 Å². The Morgan fingerprint density at radius 3 is 3.09 bits per heavy atom. The normalized spacial score (nSPS) is 10.6. The van der Waals surface area contributed by atoms with E-state index >= 15 is 0 Å². The van der Waals surface area contributed by atoms with Crippen molar-refractivity contribution in [1.29, 1.82) is 0 Å². The standard InChI is InChI=1S/C8H7NOS/c1-6-5-11-8-7(10)3-2-4-9(6)8/h2-5H,1H3/p+1. The molecule has 0 aliphatic heterocycles. The van der Waals surface area contributed by atoms with Crippen molar-refractivity contribution < 1.29 is 9.51 Å². The number of fused-ring (bicyclic) bond motifs is 1. The molecule has 0 amide bonds. The predicted octanol–water partition coefficient (Wildman–Crippen LogP) is 1.50. The maximum absolute atomic E-state index is 9.37. The number of aromatic hydroxyl groups is 1. The van der Waals surface area contributed by atoms with Gasteiger partial charge in [-0.25, -0.2) is 0 Å². The second-order valence-corrected chi connectivity index (χ2v) is 3.30. The minimum Gasteiger partial charge on any atom is -0.502 e. The van der Waals surface area contributed by atoms with Crippen LogP contribution in [0.2, 0.25) is 0 Å². The molecule has 0 saturated heterocycles. The molecule has 0 atom stereocenters. The zero-order valence-corrected chi connectivity index (χ0v) is 6.93. The summed E-state index contributed by atoms with van der Waals surface area (Å²) in [7, 11) is 0. The molecule has 56 valence electrons. The van der Waals surface area contributed by atoms with E-state index in [-0.39, 0.29) is 0 Å². The molecule has 2 nitrogen and oxygen atoms in total. The van der Waals surface area contributed by atoms with Crippen LogP contribution in [-0.2, 0) is 0 Å². The molecule has 11 heavy (non-hydrogen) atoms. The second kappa shape index (κ2) is 2.20. The Morgan fingerprint density at radius 1 is 1.55 bits per heavy atom. The number of hydrogen-bond acceptors (Lipinski definition) is 2. The fourth-order valence-electron chi connectivity index (χ4n) is 1.08. The number of thiazole rings is 1. The van der Waals surface area contributed by atoms with Crippen LogP contribution in [0.15, 0.2) is 23.7 Å². The third-order valence-electron chi connectivity index (χ3n) is 1.65. The summed E-state index contributed by atoms with van der Waals surface area (Å²) in [5.41, 5.74) is 1.15. The van der Waals surface area contributed by atoms with Crippen molar-refractivity contribution in [3.05, 3.63) is 29.4 Å². The third-order valence-corrected chi connectivity index (χ3v) is 2.74. The summed E-state index contributed by atoms with van der Waals surface area (Å²) >= 11 is 1.55. The van der Waals surface area contributed by atoms with E-state index in [0.29, 0.717) is 5.75 Å². The highest BCUT2D eigenvalue weighted by Gasteiger charge is 2.11. The van der Waals surface area contributed by atoms with Crippen LogP contribution in [0.25, 0.3) is 4.83 Å². The Bertz CT molecular complexity index is 394. The van der Waals surface area contributed by atoms with Crippen molar-refractivity contribution in [1.82, 2.24) is 0 Å². The molecule has 0 aliphatic rings. The molecule has 2 aromatic rings. The lowest BCUT2D eigenvalue weighted by atomic mass is 10.4. The minimum absolute atomic E-state index is 0.352. The smallest absolute Gasteiger partial charge is 0.309 e. The summed E-state index contributed by atoms with van der Waals surface area (Å²) in [4.78, 5) is 0.907. The van der Waals surface area contributed by atoms with E-state index in [0.717, 1.165) is 10.5 Å². The second-order valence-electron chi connectivity index (χ2n) is 2.45. The van der Waals surface area contributed by atoms with Crippen LogP contribution < -0.4 is 4.40 Å². The molecule has 3 heteroatoms. The molecule has 1 N–H and O–H groups in total. The molecule has 0 unspecified atom stereocenters. The Labute approximate surface area is 68.4 Å². The van der Waals surface area contributed by atoms with Crippen LogP contribution in [0.5, 0.6) is 5.75 Å². The molecule has 0 spiro atoms. The quantitative estimate of drug-likeness (QED) is 0.589. The van der Waals surface area contributed by atoms with Gasteiger partial charge in [0.2, 0.25) is 0 Å². The van der Waals surface area contributed by atoms with Crippen molar-refractivity contribution in [2.75, 3.05) is 0 Å². The van der Waals surface area contributed by atoms with Crippen LogP contribution in [-0.4, -0.2) is 5.11 Å². The summed E-state index contributed by atoms with van der Waals surface area (Å²) in [6.45, 7) is 2.02. The van der Waals surface area contributed by atoms with Crippen molar-refractivity contribution in [3.63, 3.8) is 0 Å². The number of nitrogens with zero attached hydrogens (tertiary/aromatic N) is 1. The summed E-state index contributed by atoms with van der Waals surface area (Å²) in [6, 6.07) is 3.54. The fraction of sp³-hybridized carbons (Fsp3) is 0.125. The third kappa shape index (κ3) is 0.886. The number of rotatable bonds is 0. The summed E-state index contributed by atoms with van der Waals surface area (Å²) in [6.07, 6.45) is 1.95. The van der Waals surface area contributed by atoms with Gasteiger partial charge >= 0.3 is 4.83 Å². The summed E-state index contributed by atoms with van der Waals surface area (Å²) in [5, 5.41) is 11.4. The predicted molar refractivity (Wildman–Crippen MR) is 43.9 cm³/mol. The van der Waals surface area contributed by atoms with Gasteiger partial charge in [-0.15, -0.1) is 0 Å². The number of pyridine rings is 1. The van der Waals surface area contributed by atoms with Crippen LogP contribution in [0, 0.1) is 6.92 Å². The van der Waals surface area contributed by atoms with Crippen molar-refractivity contribution in [3.8, 4) is 5.75 Å². The first-order valence-electron chi connectivity index (χ1n) is 3.36.